The van der Waals surface area contributed by atoms with Gasteiger partial charge in [-0.25, -0.2) is 4.79 Å². The van der Waals surface area contributed by atoms with Crippen LogP contribution in [0.4, 0.5) is 0 Å². The number of methoxy groups -OCH3 is 1. The molecule has 1 fully saturated rings. The number of ether oxygens (including phenoxy) is 1. The summed E-state index contributed by atoms with van der Waals surface area (Å²) in [6.07, 6.45) is 3.63. The Kier molecular flexibility index (Phi) is 3.51. The van der Waals surface area contributed by atoms with Crippen molar-refractivity contribution in [3.8, 4) is 0 Å². The van der Waals surface area contributed by atoms with Gasteiger partial charge in [0.05, 0.1) is 25.8 Å². The Morgan fingerprint density at radius 1 is 1.24 bits per heavy atom. The van der Waals surface area contributed by atoms with Gasteiger partial charge >= 0.3 is 11.9 Å². The standard InChI is InChI=1S/C16H17NO4/c1-20-15(19)16-9-5-8-13(16)10-17(11-16)21-14(18)12-6-3-2-4-7-12/h2-4,6-8H,5,9-11H2,1H3. The molecule has 1 aliphatic heterocycles. The highest BCUT2D eigenvalue weighted by Gasteiger charge is 2.52. The van der Waals surface area contributed by atoms with Gasteiger partial charge in [-0.3, -0.25) is 4.79 Å². The van der Waals surface area contributed by atoms with Crippen LogP contribution >= 0.6 is 0 Å². The van der Waals surface area contributed by atoms with Crippen LogP contribution in [0.1, 0.15) is 23.2 Å². The van der Waals surface area contributed by atoms with E-state index in [1.54, 1.807) is 29.3 Å². The molecule has 1 saturated heterocycles. The molecule has 1 aromatic rings. The molecule has 0 amide bonds. The second-order valence-electron chi connectivity index (χ2n) is 5.38. The predicted octanol–water partition coefficient (Wildman–Crippen LogP) is 1.95. The third-order valence-electron chi connectivity index (χ3n) is 4.17. The second-order valence-corrected chi connectivity index (χ2v) is 5.38. The molecule has 1 aliphatic carbocycles. The molecule has 1 heterocycles. The molecule has 2 aliphatic rings. The SMILES string of the molecule is COC(=O)C12CCC=C1CN(OC(=O)c1ccccc1)C2. The van der Waals surface area contributed by atoms with Crippen molar-refractivity contribution in [3.63, 3.8) is 0 Å². The van der Waals surface area contributed by atoms with Gasteiger partial charge in [0.25, 0.3) is 0 Å². The van der Waals surface area contributed by atoms with Gasteiger partial charge in [-0.1, -0.05) is 24.3 Å². The summed E-state index contributed by atoms with van der Waals surface area (Å²) in [5.41, 5.74) is 0.858. The van der Waals surface area contributed by atoms with Crippen LogP contribution in [-0.2, 0) is 14.4 Å². The number of carbonyl (C=O) groups excluding carboxylic acids is 2. The van der Waals surface area contributed by atoms with Gasteiger partial charge < -0.3 is 9.57 Å². The van der Waals surface area contributed by atoms with Gasteiger partial charge in [0, 0.05) is 0 Å². The molecule has 0 aromatic heterocycles. The Morgan fingerprint density at radius 3 is 2.71 bits per heavy atom. The molecule has 0 bridgehead atoms. The maximum atomic E-state index is 12.1. The molecular weight excluding hydrogens is 270 g/mol. The summed E-state index contributed by atoms with van der Waals surface area (Å²) in [5.74, 6) is -0.652. The van der Waals surface area contributed by atoms with E-state index in [4.69, 9.17) is 9.57 Å². The number of fused-ring (bicyclic) bond motifs is 1. The van der Waals surface area contributed by atoms with Gasteiger partial charge in [-0.15, -0.1) is 5.06 Å². The minimum absolute atomic E-state index is 0.246. The van der Waals surface area contributed by atoms with E-state index < -0.39 is 11.4 Å². The smallest absolute Gasteiger partial charge is 0.357 e. The van der Waals surface area contributed by atoms with Crippen molar-refractivity contribution in [1.29, 1.82) is 0 Å². The van der Waals surface area contributed by atoms with E-state index >= 15 is 0 Å². The van der Waals surface area contributed by atoms with E-state index in [1.807, 2.05) is 12.1 Å². The third-order valence-corrected chi connectivity index (χ3v) is 4.17. The van der Waals surface area contributed by atoms with Crippen molar-refractivity contribution in [2.45, 2.75) is 12.8 Å². The summed E-state index contributed by atoms with van der Waals surface area (Å²) in [4.78, 5) is 29.6. The second kappa shape index (κ2) is 5.33. The summed E-state index contributed by atoms with van der Waals surface area (Å²) in [6, 6.07) is 8.82. The van der Waals surface area contributed by atoms with E-state index in [-0.39, 0.29) is 5.97 Å². The molecule has 110 valence electrons. The van der Waals surface area contributed by atoms with Crippen LogP contribution in [-0.4, -0.2) is 37.2 Å². The highest BCUT2D eigenvalue weighted by molar-refractivity contribution is 5.89. The van der Waals surface area contributed by atoms with E-state index in [1.165, 1.54) is 7.11 Å². The van der Waals surface area contributed by atoms with Crippen LogP contribution in [0.2, 0.25) is 0 Å². The molecule has 0 radical (unpaired) electrons. The minimum atomic E-state index is -0.633. The molecule has 0 N–H and O–H groups in total. The van der Waals surface area contributed by atoms with E-state index in [0.717, 1.165) is 12.0 Å². The highest BCUT2D eigenvalue weighted by Crippen LogP contribution is 2.45. The quantitative estimate of drug-likeness (QED) is 0.628. The summed E-state index contributed by atoms with van der Waals surface area (Å²) in [7, 11) is 1.39. The lowest BCUT2D eigenvalue weighted by atomic mass is 9.84. The predicted molar refractivity (Wildman–Crippen MR) is 75.2 cm³/mol. The lowest BCUT2D eigenvalue weighted by Crippen LogP contribution is -2.36. The average Bonchev–Trinajstić information content (AvgIpc) is 3.04. The first kappa shape index (κ1) is 13.8. The first-order valence-corrected chi connectivity index (χ1v) is 6.96. The number of benzene rings is 1. The normalized spacial score (nSPS) is 24.3. The van der Waals surface area contributed by atoms with Crippen LogP contribution in [0, 0.1) is 5.41 Å². The first-order valence-electron chi connectivity index (χ1n) is 6.96. The lowest BCUT2D eigenvalue weighted by molar-refractivity contribution is -0.154. The van der Waals surface area contributed by atoms with Gasteiger partial charge in [0.1, 0.15) is 5.41 Å². The number of hydrogen-bond donors (Lipinski definition) is 0. The number of hydrogen-bond acceptors (Lipinski definition) is 5. The van der Waals surface area contributed by atoms with E-state index in [9.17, 15) is 9.59 Å². The van der Waals surface area contributed by atoms with Crippen molar-refractivity contribution in [2.24, 2.45) is 5.41 Å². The summed E-state index contributed by atoms with van der Waals surface area (Å²) in [5, 5.41) is 1.55. The first-order chi connectivity index (χ1) is 10.2. The summed E-state index contributed by atoms with van der Waals surface area (Å²) in [6.45, 7) is 0.831. The minimum Gasteiger partial charge on any atom is -0.468 e. The number of nitrogens with zero attached hydrogens (tertiary/aromatic N) is 1. The average molecular weight is 287 g/mol. The number of allylic oxidation sites excluding steroid dienone is 1. The van der Waals surface area contributed by atoms with Crippen molar-refractivity contribution < 1.29 is 19.2 Å². The Hall–Kier alpha value is -2.14. The molecule has 21 heavy (non-hydrogen) atoms. The topological polar surface area (TPSA) is 55.8 Å². The third kappa shape index (κ3) is 2.34. The number of carbonyl (C=O) groups is 2. The van der Waals surface area contributed by atoms with Crippen molar-refractivity contribution in [3.05, 3.63) is 47.5 Å². The fourth-order valence-corrected chi connectivity index (χ4v) is 3.09. The zero-order chi connectivity index (χ0) is 14.9. The summed E-state index contributed by atoms with van der Waals surface area (Å²) >= 11 is 0. The monoisotopic (exact) mass is 287 g/mol. The van der Waals surface area contributed by atoms with Gasteiger partial charge in [-0.2, -0.15) is 0 Å². The zero-order valence-corrected chi connectivity index (χ0v) is 11.9. The molecule has 1 aromatic carbocycles. The van der Waals surface area contributed by atoms with Crippen LogP contribution < -0.4 is 0 Å². The molecule has 1 unspecified atom stereocenters. The fraction of sp³-hybridized carbons (Fsp3) is 0.375. The van der Waals surface area contributed by atoms with E-state index in [2.05, 4.69) is 0 Å². The maximum absolute atomic E-state index is 12.1. The Morgan fingerprint density at radius 2 is 2.00 bits per heavy atom. The van der Waals surface area contributed by atoms with Crippen molar-refractivity contribution >= 4 is 11.9 Å². The van der Waals surface area contributed by atoms with Crippen molar-refractivity contribution in [1.82, 2.24) is 5.06 Å². The molecule has 5 nitrogen and oxygen atoms in total. The number of esters is 1. The molecule has 0 spiro atoms. The van der Waals surface area contributed by atoms with Gasteiger partial charge in [-0.05, 0) is 30.5 Å². The lowest BCUT2D eigenvalue weighted by Gasteiger charge is -2.23. The van der Waals surface area contributed by atoms with Crippen molar-refractivity contribution in [2.75, 3.05) is 20.2 Å². The molecule has 1 atom stereocenters. The fourth-order valence-electron chi connectivity index (χ4n) is 3.09. The Labute approximate surface area is 123 Å². The molecular formula is C16H17NO4. The van der Waals surface area contributed by atoms with Crippen LogP contribution in [0.25, 0.3) is 0 Å². The number of rotatable bonds is 3. The van der Waals surface area contributed by atoms with Crippen LogP contribution in [0.15, 0.2) is 42.0 Å². The Bertz CT molecular complexity index is 596. The Balaban J connectivity index is 1.73. The maximum Gasteiger partial charge on any atom is 0.357 e. The molecule has 3 rings (SSSR count). The summed E-state index contributed by atoms with van der Waals surface area (Å²) < 4.78 is 4.93. The van der Waals surface area contributed by atoms with Gasteiger partial charge in [0.15, 0.2) is 0 Å². The largest absolute Gasteiger partial charge is 0.468 e. The zero-order valence-electron chi connectivity index (χ0n) is 11.9. The molecule has 5 heteroatoms. The highest BCUT2D eigenvalue weighted by atomic mass is 16.7. The van der Waals surface area contributed by atoms with E-state index in [0.29, 0.717) is 25.1 Å². The van der Waals surface area contributed by atoms with Crippen LogP contribution in [0.5, 0.6) is 0 Å². The van der Waals surface area contributed by atoms with Gasteiger partial charge in [0.2, 0.25) is 0 Å². The molecule has 0 saturated carbocycles. The van der Waals surface area contributed by atoms with Crippen LogP contribution in [0.3, 0.4) is 0 Å². The number of hydroxylamine groups is 2.